The number of nitrogens with zero attached hydrogens (tertiary/aromatic N) is 6. The first-order valence-corrected chi connectivity index (χ1v) is 18.8. The average Bonchev–Trinajstić information content (AvgIpc) is 3.04. The minimum Gasteiger partial charge on any atom is -1.00 e. The molecule has 4 N–H and O–H groups in total. The second kappa shape index (κ2) is 24.4. The van der Waals surface area contributed by atoms with Gasteiger partial charge < -0.3 is 40.0 Å². The first kappa shape index (κ1) is 44.3. The predicted octanol–water partition coefficient (Wildman–Crippen LogP) is -1.24. The SMILES string of the molecule is CN(C)C(NC(=NC1CCCCC1)NC1CCCCC1)=[N+](C)C.CN(C)C(NC(=NC1CCCCC1)NC1CCCCC1)=[N+](C)C.[Br-].[Cl-]. The Bertz CT molecular complexity index is 916. The molecule has 0 unspecified atom stereocenters. The van der Waals surface area contributed by atoms with E-state index in [1.165, 1.54) is 128 Å². The molecule has 48 heavy (non-hydrogen) atoms. The van der Waals surface area contributed by atoms with E-state index >= 15 is 0 Å². The number of aliphatic imine (C=N–C) groups is 2. The summed E-state index contributed by atoms with van der Waals surface area (Å²) in [6, 6.07) is 2.11. The zero-order valence-electron chi connectivity index (χ0n) is 31.9. The summed E-state index contributed by atoms with van der Waals surface area (Å²) in [6.45, 7) is 0. The standard InChI is InChI=1S/2C18H35N5.BrH.ClH/c2*1-22(2)18(23(3)4)21-17(19-15-11-7-5-8-12-15)20-16-13-9-6-10-14-16;;/h2*15-16H,5-14H2,1-4H3,(H,19,20);2*1H. The molecule has 280 valence electrons. The average molecular weight is 760 g/mol. The van der Waals surface area contributed by atoms with Crippen molar-refractivity contribution in [3.05, 3.63) is 0 Å². The second-order valence-electron chi connectivity index (χ2n) is 15.0. The molecule has 4 fully saturated rings. The van der Waals surface area contributed by atoms with Crippen LogP contribution in [-0.4, -0.2) is 123 Å². The summed E-state index contributed by atoms with van der Waals surface area (Å²) in [7, 11) is 16.6. The van der Waals surface area contributed by atoms with E-state index in [4.69, 9.17) is 9.98 Å². The fourth-order valence-corrected chi connectivity index (χ4v) is 7.34. The maximum atomic E-state index is 5.05. The van der Waals surface area contributed by atoms with Crippen molar-refractivity contribution in [2.24, 2.45) is 9.98 Å². The van der Waals surface area contributed by atoms with Crippen molar-refractivity contribution in [3.8, 4) is 0 Å². The molecule has 0 aromatic carbocycles. The van der Waals surface area contributed by atoms with Gasteiger partial charge in [0, 0.05) is 12.1 Å². The fourth-order valence-electron chi connectivity index (χ4n) is 7.34. The van der Waals surface area contributed by atoms with Gasteiger partial charge >= 0.3 is 11.9 Å². The smallest absolute Gasteiger partial charge is 0.354 e. The van der Waals surface area contributed by atoms with Crippen LogP contribution in [0.1, 0.15) is 128 Å². The predicted molar refractivity (Wildman–Crippen MR) is 197 cm³/mol. The van der Waals surface area contributed by atoms with E-state index in [2.05, 4.69) is 96.6 Å². The molecule has 4 saturated carbocycles. The van der Waals surface area contributed by atoms with E-state index in [-0.39, 0.29) is 29.4 Å². The van der Waals surface area contributed by atoms with E-state index in [9.17, 15) is 0 Å². The Hall–Kier alpha value is -1.75. The van der Waals surface area contributed by atoms with Crippen LogP contribution in [-0.2, 0) is 0 Å². The summed E-state index contributed by atoms with van der Waals surface area (Å²) in [5.41, 5.74) is 0. The van der Waals surface area contributed by atoms with Crippen molar-refractivity contribution < 1.29 is 38.5 Å². The summed E-state index contributed by atoms with van der Waals surface area (Å²) in [4.78, 5) is 14.3. The number of rotatable bonds is 4. The Morgan fingerprint density at radius 1 is 0.479 bits per heavy atom. The monoisotopic (exact) mass is 758 g/mol. The van der Waals surface area contributed by atoms with Crippen LogP contribution in [0.25, 0.3) is 0 Å². The van der Waals surface area contributed by atoms with Crippen LogP contribution >= 0.6 is 0 Å². The number of nitrogens with one attached hydrogen (secondary N) is 4. The third kappa shape index (κ3) is 16.8. The number of guanidine groups is 4. The zero-order chi connectivity index (χ0) is 33.3. The topological polar surface area (TPSA) is 85.3 Å². The molecule has 12 heteroatoms. The molecular formula is C36H72BrClN10. The molecule has 0 aromatic heterocycles. The van der Waals surface area contributed by atoms with Gasteiger partial charge in [0.25, 0.3) is 11.9 Å². The van der Waals surface area contributed by atoms with Gasteiger partial charge in [-0.2, -0.15) is 0 Å². The minimum atomic E-state index is 0. The van der Waals surface area contributed by atoms with Gasteiger partial charge in [0.05, 0.1) is 68.5 Å². The van der Waals surface area contributed by atoms with Crippen molar-refractivity contribution >= 4 is 23.8 Å². The molecule has 0 atom stereocenters. The normalized spacial score (nSPS) is 20.1. The molecule has 0 bridgehead atoms. The highest BCUT2D eigenvalue weighted by Crippen LogP contribution is 2.22. The molecule has 0 amide bonds. The molecule has 0 spiro atoms. The third-order valence-corrected chi connectivity index (χ3v) is 9.82. The molecule has 0 radical (unpaired) electrons. The van der Waals surface area contributed by atoms with Gasteiger partial charge in [0.2, 0.25) is 0 Å². The summed E-state index contributed by atoms with van der Waals surface area (Å²) in [5, 5.41) is 14.5. The summed E-state index contributed by atoms with van der Waals surface area (Å²) >= 11 is 0. The first-order valence-electron chi connectivity index (χ1n) is 18.8. The lowest BCUT2D eigenvalue weighted by atomic mass is 9.95. The molecule has 0 heterocycles. The van der Waals surface area contributed by atoms with Gasteiger partial charge in [-0.1, -0.05) is 77.0 Å². The maximum Gasteiger partial charge on any atom is 0.354 e. The van der Waals surface area contributed by atoms with Crippen molar-refractivity contribution in [3.63, 3.8) is 0 Å². The zero-order valence-corrected chi connectivity index (χ0v) is 34.2. The van der Waals surface area contributed by atoms with Crippen LogP contribution in [0.2, 0.25) is 0 Å². The van der Waals surface area contributed by atoms with Gasteiger partial charge in [-0.15, -0.1) is 0 Å². The van der Waals surface area contributed by atoms with Gasteiger partial charge in [-0.05, 0) is 51.4 Å². The van der Waals surface area contributed by atoms with Crippen LogP contribution in [0.5, 0.6) is 0 Å². The molecular weight excluding hydrogens is 688 g/mol. The lowest BCUT2D eigenvalue weighted by Gasteiger charge is -2.26. The van der Waals surface area contributed by atoms with Gasteiger partial charge in [-0.25, -0.2) is 20.6 Å². The highest BCUT2D eigenvalue weighted by molar-refractivity contribution is 5.97. The molecule has 0 aromatic rings. The highest BCUT2D eigenvalue weighted by Gasteiger charge is 2.24. The molecule has 4 aliphatic carbocycles. The quantitative estimate of drug-likeness (QED) is 0.163. The van der Waals surface area contributed by atoms with E-state index in [1.54, 1.807) is 0 Å². The Morgan fingerprint density at radius 3 is 1.00 bits per heavy atom. The summed E-state index contributed by atoms with van der Waals surface area (Å²) in [5.74, 6) is 4.09. The Balaban J connectivity index is 0.000000461. The Kier molecular flexibility index (Phi) is 22.5. The molecule has 0 saturated heterocycles. The first-order chi connectivity index (χ1) is 22.1. The van der Waals surface area contributed by atoms with E-state index < -0.39 is 0 Å². The largest absolute Gasteiger partial charge is 1.00 e. The molecule has 4 aliphatic rings. The van der Waals surface area contributed by atoms with Gasteiger partial charge in [0.1, 0.15) is 0 Å². The van der Waals surface area contributed by atoms with Crippen molar-refractivity contribution in [1.29, 1.82) is 0 Å². The van der Waals surface area contributed by atoms with Crippen molar-refractivity contribution in [1.82, 2.24) is 31.1 Å². The minimum absolute atomic E-state index is 0. The maximum absolute atomic E-state index is 5.05. The van der Waals surface area contributed by atoms with Gasteiger partial charge in [-0.3, -0.25) is 19.0 Å². The third-order valence-electron chi connectivity index (χ3n) is 9.82. The van der Waals surface area contributed by atoms with Gasteiger partial charge in [0.15, 0.2) is 0 Å². The van der Waals surface area contributed by atoms with E-state index in [1.807, 2.05) is 0 Å². The van der Waals surface area contributed by atoms with Crippen LogP contribution < -0.4 is 50.7 Å². The van der Waals surface area contributed by atoms with Crippen LogP contribution in [0.4, 0.5) is 0 Å². The molecule has 10 nitrogen and oxygen atoms in total. The van der Waals surface area contributed by atoms with E-state index in [0.717, 1.165) is 23.8 Å². The Labute approximate surface area is 311 Å². The number of hydrogen-bond acceptors (Lipinski definition) is 2. The number of halogens is 2. The molecule has 4 rings (SSSR count). The fraction of sp³-hybridized carbons (Fsp3) is 0.889. The van der Waals surface area contributed by atoms with Crippen molar-refractivity contribution in [2.75, 3.05) is 56.4 Å². The lowest BCUT2D eigenvalue weighted by molar-refractivity contribution is -0.471. The van der Waals surface area contributed by atoms with Crippen molar-refractivity contribution in [2.45, 2.75) is 153 Å². The van der Waals surface area contributed by atoms with Crippen LogP contribution in [0.3, 0.4) is 0 Å². The Morgan fingerprint density at radius 2 is 0.750 bits per heavy atom. The molecule has 0 aliphatic heterocycles. The summed E-state index contributed by atoms with van der Waals surface area (Å²) in [6.07, 6.45) is 26.2. The van der Waals surface area contributed by atoms with E-state index in [0.29, 0.717) is 24.2 Å². The van der Waals surface area contributed by atoms with Crippen LogP contribution in [0.15, 0.2) is 9.98 Å². The second-order valence-corrected chi connectivity index (χ2v) is 15.0. The lowest BCUT2D eigenvalue weighted by Crippen LogP contribution is -3.00. The highest BCUT2D eigenvalue weighted by atomic mass is 79.9. The summed E-state index contributed by atoms with van der Waals surface area (Å²) < 4.78 is 4.22. The van der Waals surface area contributed by atoms with Crippen LogP contribution in [0, 0.1) is 0 Å². The number of hydrogen-bond donors (Lipinski definition) is 4.